The van der Waals surface area contributed by atoms with E-state index in [9.17, 15) is 14.0 Å². The van der Waals surface area contributed by atoms with Crippen molar-refractivity contribution in [2.24, 2.45) is 0 Å². The summed E-state index contributed by atoms with van der Waals surface area (Å²) in [5.74, 6) is 0.506. The first-order chi connectivity index (χ1) is 13.4. The molecule has 0 aliphatic heterocycles. The molecule has 0 bridgehead atoms. The molecule has 2 aromatic rings. The second-order valence-electron chi connectivity index (χ2n) is 6.63. The van der Waals surface area contributed by atoms with E-state index in [0.717, 1.165) is 12.0 Å². The zero-order chi connectivity index (χ0) is 20.5. The molecule has 1 heterocycles. The van der Waals surface area contributed by atoms with Gasteiger partial charge in [-0.3, -0.25) is 9.59 Å². The number of carbonyl (C=O) groups excluding carboxylic acids is 2. The van der Waals surface area contributed by atoms with Crippen molar-refractivity contribution >= 4 is 11.8 Å². The van der Waals surface area contributed by atoms with Gasteiger partial charge in [-0.25, -0.2) is 4.39 Å². The molecular formula is C21H27FN2O4. The Balaban J connectivity index is 2.05. The summed E-state index contributed by atoms with van der Waals surface area (Å²) in [6.45, 7) is 5.14. The molecule has 6 nitrogen and oxygen atoms in total. The Hall–Kier alpha value is -2.67. The molecule has 0 radical (unpaired) electrons. The van der Waals surface area contributed by atoms with E-state index >= 15 is 0 Å². The summed E-state index contributed by atoms with van der Waals surface area (Å²) in [5, 5.41) is 2.81. The summed E-state index contributed by atoms with van der Waals surface area (Å²) < 4.78 is 23.6. The quantitative estimate of drug-likeness (QED) is 0.633. The van der Waals surface area contributed by atoms with Crippen LogP contribution in [0, 0.1) is 19.7 Å². The molecule has 0 spiro atoms. The van der Waals surface area contributed by atoms with Crippen LogP contribution in [0.1, 0.15) is 40.3 Å². The fourth-order valence-corrected chi connectivity index (χ4v) is 2.85. The number of amides is 2. The van der Waals surface area contributed by atoms with Gasteiger partial charge in [0.1, 0.15) is 17.3 Å². The maximum atomic E-state index is 13.2. The third-order valence-corrected chi connectivity index (χ3v) is 4.30. The van der Waals surface area contributed by atoms with E-state index in [1.807, 2.05) is 0 Å². The van der Waals surface area contributed by atoms with Crippen molar-refractivity contribution < 1.29 is 23.1 Å². The minimum Gasteiger partial charge on any atom is -0.466 e. The first-order valence-electron chi connectivity index (χ1n) is 9.27. The van der Waals surface area contributed by atoms with Crippen molar-refractivity contribution in [3.8, 4) is 0 Å². The number of benzene rings is 1. The lowest BCUT2D eigenvalue weighted by atomic mass is 10.1. The van der Waals surface area contributed by atoms with E-state index in [4.69, 9.17) is 9.15 Å². The number of furan rings is 1. The number of ether oxygens (including phenoxy) is 1. The van der Waals surface area contributed by atoms with Crippen LogP contribution in [0.3, 0.4) is 0 Å². The van der Waals surface area contributed by atoms with Crippen LogP contribution in [0.5, 0.6) is 0 Å². The molecule has 0 saturated carbocycles. The molecule has 2 rings (SSSR count). The third-order valence-electron chi connectivity index (χ3n) is 4.30. The molecule has 2 amide bonds. The minimum absolute atomic E-state index is 0.131. The van der Waals surface area contributed by atoms with Crippen LogP contribution in [0.15, 0.2) is 34.7 Å². The summed E-state index contributed by atoms with van der Waals surface area (Å²) in [6, 6.07) is 7.67. The molecule has 0 saturated heterocycles. The van der Waals surface area contributed by atoms with Gasteiger partial charge in [-0.2, -0.15) is 0 Å². The standard InChI is InChI=1S/C21H27FN2O4/c1-15-13-19(16(2)28-15)21(26)24(14-17-5-7-18(22)8-6-17)11-9-20(25)23-10-4-12-27-3/h5-8,13H,4,9-12,14H2,1-3H3,(H,23,25). The van der Waals surface area contributed by atoms with Crippen LogP contribution in [-0.2, 0) is 16.1 Å². The van der Waals surface area contributed by atoms with Gasteiger partial charge in [-0.1, -0.05) is 12.1 Å². The highest BCUT2D eigenvalue weighted by atomic mass is 19.1. The van der Waals surface area contributed by atoms with Gasteiger partial charge in [-0.15, -0.1) is 0 Å². The average molecular weight is 390 g/mol. The van der Waals surface area contributed by atoms with Crippen molar-refractivity contribution in [1.82, 2.24) is 10.2 Å². The fraction of sp³-hybridized carbons (Fsp3) is 0.429. The molecule has 28 heavy (non-hydrogen) atoms. The molecule has 1 N–H and O–H groups in total. The van der Waals surface area contributed by atoms with Gasteiger partial charge in [0.05, 0.1) is 5.56 Å². The Bertz CT molecular complexity index is 786. The molecule has 152 valence electrons. The zero-order valence-corrected chi connectivity index (χ0v) is 16.6. The largest absolute Gasteiger partial charge is 0.466 e. The molecule has 0 fully saturated rings. The van der Waals surface area contributed by atoms with Crippen LogP contribution in [0.2, 0.25) is 0 Å². The van der Waals surface area contributed by atoms with Gasteiger partial charge in [0.2, 0.25) is 5.91 Å². The monoisotopic (exact) mass is 390 g/mol. The van der Waals surface area contributed by atoms with Crippen molar-refractivity contribution in [2.45, 2.75) is 33.2 Å². The maximum Gasteiger partial charge on any atom is 0.257 e. The number of rotatable bonds is 10. The second-order valence-corrected chi connectivity index (χ2v) is 6.63. The van der Waals surface area contributed by atoms with E-state index in [-0.39, 0.29) is 37.1 Å². The first-order valence-corrected chi connectivity index (χ1v) is 9.27. The van der Waals surface area contributed by atoms with Crippen molar-refractivity contribution in [3.63, 3.8) is 0 Å². The number of nitrogens with zero attached hydrogens (tertiary/aromatic N) is 1. The van der Waals surface area contributed by atoms with Crippen LogP contribution in [0.25, 0.3) is 0 Å². The van der Waals surface area contributed by atoms with Gasteiger partial charge < -0.3 is 19.4 Å². The number of nitrogens with one attached hydrogen (secondary N) is 1. The van der Waals surface area contributed by atoms with Crippen LogP contribution < -0.4 is 5.32 Å². The Morgan fingerprint density at radius 2 is 1.93 bits per heavy atom. The molecule has 0 aliphatic carbocycles. The van der Waals surface area contributed by atoms with Gasteiger partial charge >= 0.3 is 0 Å². The van der Waals surface area contributed by atoms with E-state index in [0.29, 0.717) is 30.2 Å². The highest BCUT2D eigenvalue weighted by Gasteiger charge is 2.21. The number of aryl methyl sites for hydroxylation is 2. The van der Waals surface area contributed by atoms with Crippen molar-refractivity contribution in [2.75, 3.05) is 26.8 Å². The van der Waals surface area contributed by atoms with Crippen LogP contribution in [-0.4, -0.2) is 43.5 Å². The predicted octanol–water partition coefficient (Wildman–Crippen LogP) is 3.22. The summed E-state index contributed by atoms with van der Waals surface area (Å²) in [4.78, 5) is 26.7. The Labute approximate surface area is 164 Å². The van der Waals surface area contributed by atoms with E-state index in [1.165, 1.54) is 12.1 Å². The number of halogens is 1. The zero-order valence-electron chi connectivity index (χ0n) is 16.6. The lowest BCUT2D eigenvalue weighted by Gasteiger charge is -2.22. The van der Waals surface area contributed by atoms with Crippen molar-refractivity contribution in [1.29, 1.82) is 0 Å². The molecule has 1 aromatic heterocycles. The molecule has 0 atom stereocenters. The van der Waals surface area contributed by atoms with E-state index < -0.39 is 0 Å². The number of carbonyl (C=O) groups is 2. The molecule has 1 aromatic carbocycles. The topological polar surface area (TPSA) is 71.8 Å². The first kappa shape index (κ1) is 21.6. The summed E-state index contributed by atoms with van der Waals surface area (Å²) >= 11 is 0. The average Bonchev–Trinajstić information content (AvgIpc) is 3.01. The van der Waals surface area contributed by atoms with Gasteiger partial charge in [-0.05, 0) is 44.0 Å². The Kier molecular flexibility index (Phi) is 8.19. The van der Waals surface area contributed by atoms with Gasteiger partial charge in [0.15, 0.2) is 0 Å². The summed E-state index contributed by atoms with van der Waals surface area (Å²) in [7, 11) is 1.61. The van der Waals surface area contributed by atoms with Crippen LogP contribution >= 0.6 is 0 Å². The summed E-state index contributed by atoms with van der Waals surface area (Å²) in [5.41, 5.74) is 1.26. The third kappa shape index (κ3) is 6.49. The Morgan fingerprint density at radius 1 is 1.21 bits per heavy atom. The lowest BCUT2D eigenvalue weighted by molar-refractivity contribution is -0.121. The number of methoxy groups -OCH3 is 1. The normalized spacial score (nSPS) is 10.7. The minimum atomic E-state index is -0.335. The number of hydrogen-bond acceptors (Lipinski definition) is 4. The number of hydrogen-bond donors (Lipinski definition) is 1. The second kappa shape index (κ2) is 10.6. The predicted molar refractivity (Wildman–Crippen MR) is 103 cm³/mol. The Morgan fingerprint density at radius 3 is 2.54 bits per heavy atom. The lowest BCUT2D eigenvalue weighted by Crippen LogP contribution is -2.35. The van der Waals surface area contributed by atoms with Crippen molar-refractivity contribution in [3.05, 3.63) is 58.8 Å². The van der Waals surface area contributed by atoms with E-state index in [1.54, 1.807) is 44.1 Å². The molecule has 7 heteroatoms. The van der Waals surface area contributed by atoms with Crippen LogP contribution in [0.4, 0.5) is 4.39 Å². The summed E-state index contributed by atoms with van der Waals surface area (Å²) in [6.07, 6.45) is 0.907. The fourth-order valence-electron chi connectivity index (χ4n) is 2.85. The SMILES string of the molecule is COCCCNC(=O)CCN(Cc1ccc(F)cc1)C(=O)c1cc(C)oc1C. The van der Waals surface area contributed by atoms with E-state index in [2.05, 4.69) is 5.32 Å². The molecule has 0 aliphatic rings. The molecular weight excluding hydrogens is 363 g/mol. The highest BCUT2D eigenvalue weighted by molar-refractivity contribution is 5.95. The van der Waals surface area contributed by atoms with Gasteiger partial charge in [0.25, 0.3) is 5.91 Å². The smallest absolute Gasteiger partial charge is 0.257 e. The highest BCUT2D eigenvalue weighted by Crippen LogP contribution is 2.18. The molecule has 0 unspecified atom stereocenters. The maximum absolute atomic E-state index is 13.2. The van der Waals surface area contributed by atoms with Gasteiger partial charge in [0, 0.05) is 39.8 Å².